The van der Waals surface area contributed by atoms with Gasteiger partial charge in [-0.1, -0.05) is 36.5 Å². The molecule has 0 bridgehead atoms. The maximum atomic E-state index is 13.0. The molecule has 2 fully saturated rings. The lowest BCUT2D eigenvalue weighted by Gasteiger charge is -2.40. The van der Waals surface area contributed by atoms with Crippen LogP contribution in [0.25, 0.3) is 0 Å². The number of carbonyl (C=O) groups excluding carboxylic acids is 5. The van der Waals surface area contributed by atoms with Crippen LogP contribution in [-0.2, 0) is 21.7 Å². The van der Waals surface area contributed by atoms with Crippen molar-refractivity contribution in [2.45, 2.75) is 37.4 Å². The molecule has 200 valence electrons. The van der Waals surface area contributed by atoms with Gasteiger partial charge in [-0.25, -0.2) is 9.59 Å². The minimum Gasteiger partial charge on any atom is -0.497 e. The number of rotatable bonds is 7. The van der Waals surface area contributed by atoms with E-state index in [2.05, 4.69) is 27.8 Å². The van der Waals surface area contributed by atoms with Gasteiger partial charge < -0.3 is 20.3 Å². The van der Waals surface area contributed by atoms with Crippen LogP contribution in [0.5, 0.6) is 5.75 Å². The van der Waals surface area contributed by atoms with Gasteiger partial charge in [0, 0.05) is 17.7 Å². The highest BCUT2D eigenvalue weighted by molar-refractivity contribution is 6.07. The normalized spacial score (nSPS) is 20.5. The maximum absolute atomic E-state index is 13.0. The van der Waals surface area contributed by atoms with Crippen molar-refractivity contribution in [2.75, 3.05) is 13.7 Å². The molecular weight excluding hydrogens is 502 g/mol. The van der Waals surface area contributed by atoms with Crippen LogP contribution in [0.1, 0.15) is 46.3 Å². The molecule has 2 heterocycles. The number of amides is 7. The fraction of sp³-hybridized carbons (Fsp3) is 0.321. The molecule has 5 rings (SSSR count). The topological polar surface area (TPSA) is 146 Å². The summed E-state index contributed by atoms with van der Waals surface area (Å²) in [5.41, 5.74) is 1.56. The molecule has 7 amide bonds. The van der Waals surface area contributed by atoms with Crippen LogP contribution >= 0.6 is 0 Å². The van der Waals surface area contributed by atoms with Crippen molar-refractivity contribution in [1.82, 2.24) is 26.2 Å². The molecule has 11 nitrogen and oxygen atoms in total. The quantitative estimate of drug-likeness (QED) is 0.242. The highest BCUT2D eigenvalue weighted by Gasteiger charge is 2.54. The van der Waals surface area contributed by atoms with Crippen LogP contribution in [0.15, 0.2) is 42.5 Å². The number of nitrogens with one attached hydrogen (secondary N) is 4. The molecule has 1 saturated heterocycles. The van der Waals surface area contributed by atoms with Crippen LogP contribution < -0.4 is 26.0 Å². The summed E-state index contributed by atoms with van der Waals surface area (Å²) in [7, 11) is 1.53. The Kier molecular flexibility index (Phi) is 6.94. The molecule has 11 heteroatoms. The van der Waals surface area contributed by atoms with E-state index in [1.807, 2.05) is 11.4 Å². The summed E-state index contributed by atoms with van der Waals surface area (Å²) in [6.45, 7) is 0.434. The van der Waals surface area contributed by atoms with Gasteiger partial charge >= 0.3 is 12.1 Å². The first-order valence-electron chi connectivity index (χ1n) is 12.6. The SMILES string of the molecule is COc1ccc2c(c1)C(=O)N(C[C@@H](C#Cc1ccc(C3(C4CCC4)NC(=O)NC3=O)cc1)NC(=O)NC=O)C2. The average Bonchev–Trinajstić information content (AvgIpc) is 3.36. The zero-order valence-electron chi connectivity index (χ0n) is 21.2. The van der Waals surface area contributed by atoms with Crippen molar-refractivity contribution in [2.24, 2.45) is 5.92 Å². The summed E-state index contributed by atoms with van der Waals surface area (Å²) in [5, 5.41) is 9.83. The molecule has 0 spiro atoms. The number of ether oxygens (including phenoxy) is 1. The van der Waals surface area contributed by atoms with Gasteiger partial charge in [0.15, 0.2) is 0 Å². The van der Waals surface area contributed by atoms with Gasteiger partial charge in [0.25, 0.3) is 11.8 Å². The Bertz CT molecular complexity index is 1410. The molecule has 4 N–H and O–H groups in total. The van der Waals surface area contributed by atoms with E-state index in [9.17, 15) is 24.0 Å². The summed E-state index contributed by atoms with van der Waals surface area (Å²) >= 11 is 0. The van der Waals surface area contributed by atoms with Gasteiger partial charge in [-0.15, -0.1) is 0 Å². The molecule has 1 aliphatic carbocycles. The lowest BCUT2D eigenvalue weighted by atomic mass is 9.67. The Labute approximate surface area is 224 Å². The Balaban J connectivity index is 1.35. The fourth-order valence-corrected chi connectivity index (χ4v) is 5.24. The van der Waals surface area contributed by atoms with Gasteiger partial charge in [-0.3, -0.25) is 25.0 Å². The second-order valence-corrected chi connectivity index (χ2v) is 9.69. The van der Waals surface area contributed by atoms with E-state index >= 15 is 0 Å². The summed E-state index contributed by atoms with van der Waals surface area (Å²) in [4.78, 5) is 62.1. The first-order valence-corrected chi connectivity index (χ1v) is 12.6. The monoisotopic (exact) mass is 529 g/mol. The molecule has 2 aromatic carbocycles. The van der Waals surface area contributed by atoms with Crippen molar-refractivity contribution in [3.63, 3.8) is 0 Å². The number of carbonyl (C=O) groups is 5. The molecule has 1 unspecified atom stereocenters. The number of nitrogens with zero attached hydrogens (tertiary/aromatic N) is 1. The lowest BCUT2D eigenvalue weighted by Crippen LogP contribution is -2.52. The third-order valence-corrected chi connectivity index (χ3v) is 7.44. The number of methoxy groups -OCH3 is 1. The second-order valence-electron chi connectivity index (χ2n) is 9.69. The smallest absolute Gasteiger partial charge is 0.322 e. The number of hydrogen-bond donors (Lipinski definition) is 4. The van der Waals surface area contributed by atoms with Crippen molar-refractivity contribution in [3.8, 4) is 17.6 Å². The molecule has 3 aliphatic rings. The minimum absolute atomic E-state index is 0.0212. The average molecular weight is 530 g/mol. The Morgan fingerprint density at radius 1 is 1.21 bits per heavy atom. The zero-order chi connectivity index (χ0) is 27.6. The molecule has 39 heavy (non-hydrogen) atoms. The van der Waals surface area contributed by atoms with E-state index in [-0.39, 0.29) is 30.7 Å². The van der Waals surface area contributed by atoms with Crippen LogP contribution in [0.4, 0.5) is 9.59 Å². The number of urea groups is 2. The molecule has 2 aromatic rings. The van der Waals surface area contributed by atoms with E-state index < -0.39 is 23.6 Å². The third kappa shape index (κ3) is 4.88. The molecule has 0 radical (unpaired) electrons. The first kappa shape index (κ1) is 25.8. The van der Waals surface area contributed by atoms with Crippen LogP contribution in [0.2, 0.25) is 0 Å². The van der Waals surface area contributed by atoms with Gasteiger partial charge in [0.2, 0.25) is 6.41 Å². The van der Waals surface area contributed by atoms with E-state index in [0.29, 0.717) is 29.0 Å². The van der Waals surface area contributed by atoms with Gasteiger partial charge in [-0.05, 0) is 54.2 Å². The minimum atomic E-state index is -1.09. The van der Waals surface area contributed by atoms with E-state index in [1.165, 1.54) is 7.11 Å². The molecular formula is C28H27N5O6. The van der Waals surface area contributed by atoms with Crippen molar-refractivity contribution in [1.29, 1.82) is 0 Å². The lowest BCUT2D eigenvalue weighted by molar-refractivity contribution is -0.127. The molecule has 2 atom stereocenters. The first-order chi connectivity index (χ1) is 18.8. The molecule has 1 saturated carbocycles. The number of fused-ring (bicyclic) bond motifs is 1. The number of imide groups is 2. The van der Waals surface area contributed by atoms with Gasteiger partial charge in [-0.2, -0.15) is 0 Å². The molecule has 0 aromatic heterocycles. The molecule has 2 aliphatic heterocycles. The number of hydrogen-bond acceptors (Lipinski definition) is 6. The standard InChI is InChI=1S/C28H27N5O6/c1-39-22-12-8-18-14-33(24(35)23(18)13-22)15-21(30-26(37)29-16-34)11-7-17-5-9-20(10-6-17)28(19-3-2-4-19)25(36)31-27(38)32-28/h5-6,8-10,12-13,16,19,21H,2-4,14-15H2,1H3,(H2,29,30,34,37)(H2,31,32,36,38)/t21-,28?/m1/s1. The van der Waals surface area contributed by atoms with Crippen LogP contribution in [0, 0.1) is 17.8 Å². The number of benzene rings is 2. The predicted molar refractivity (Wildman–Crippen MR) is 138 cm³/mol. The van der Waals surface area contributed by atoms with Crippen LogP contribution in [0.3, 0.4) is 0 Å². The van der Waals surface area contributed by atoms with Crippen LogP contribution in [-0.4, -0.2) is 54.9 Å². The maximum Gasteiger partial charge on any atom is 0.322 e. The van der Waals surface area contributed by atoms with E-state index in [1.54, 1.807) is 41.3 Å². The largest absolute Gasteiger partial charge is 0.497 e. The van der Waals surface area contributed by atoms with Gasteiger partial charge in [0.05, 0.1) is 13.7 Å². The Morgan fingerprint density at radius 2 is 1.97 bits per heavy atom. The third-order valence-electron chi connectivity index (χ3n) is 7.44. The summed E-state index contributed by atoms with van der Waals surface area (Å²) in [6.07, 6.45) is 2.95. The highest BCUT2D eigenvalue weighted by Crippen LogP contribution is 2.44. The Morgan fingerprint density at radius 3 is 2.59 bits per heavy atom. The van der Waals surface area contributed by atoms with Crippen molar-refractivity contribution >= 4 is 30.3 Å². The summed E-state index contributed by atoms with van der Waals surface area (Å²) < 4.78 is 5.22. The van der Waals surface area contributed by atoms with Crippen molar-refractivity contribution < 1.29 is 28.7 Å². The fourth-order valence-electron chi connectivity index (χ4n) is 5.24. The Hall–Kier alpha value is -4.85. The van der Waals surface area contributed by atoms with Gasteiger partial charge in [0.1, 0.15) is 17.3 Å². The second kappa shape index (κ2) is 10.5. The van der Waals surface area contributed by atoms with Crippen molar-refractivity contribution in [3.05, 3.63) is 64.7 Å². The summed E-state index contributed by atoms with van der Waals surface area (Å²) in [5.74, 6) is 6.01. The summed E-state index contributed by atoms with van der Waals surface area (Å²) in [6, 6.07) is 10.3. The van der Waals surface area contributed by atoms with E-state index in [0.717, 1.165) is 24.8 Å². The zero-order valence-corrected chi connectivity index (χ0v) is 21.2. The highest BCUT2D eigenvalue weighted by atomic mass is 16.5. The predicted octanol–water partition coefficient (Wildman–Crippen LogP) is 1.36. The van der Waals surface area contributed by atoms with E-state index in [4.69, 9.17) is 4.74 Å².